The zero-order valence-corrected chi connectivity index (χ0v) is 10.0. The van der Waals surface area contributed by atoms with Crippen LogP contribution in [-0.4, -0.2) is 50.0 Å². The van der Waals surface area contributed by atoms with E-state index in [2.05, 4.69) is 0 Å². The number of rotatable bonds is 0. The second-order valence-electron chi connectivity index (χ2n) is 3.09. The maximum absolute atomic E-state index is 11.7. The molecular formula is C7H8N2O2S3. The van der Waals surface area contributed by atoms with Crippen molar-refractivity contribution < 1.29 is 9.59 Å². The molecule has 0 aromatic heterocycles. The SMILES string of the molecule is CN1C(=O)[C@@H]2SC(=S)S[C@@H]1C(=O)N2C. The monoisotopic (exact) mass is 248 g/mol. The summed E-state index contributed by atoms with van der Waals surface area (Å²) in [4.78, 5) is 26.4. The van der Waals surface area contributed by atoms with Crippen LogP contribution in [0, 0.1) is 0 Å². The van der Waals surface area contributed by atoms with E-state index in [0.717, 1.165) is 0 Å². The summed E-state index contributed by atoms with van der Waals surface area (Å²) < 4.78 is 0.662. The van der Waals surface area contributed by atoms with E-state index in [-0.39, 0.29) is 11.8 Å². The van der Waals surface area contributed by atoms with Gasteiger partial charge in [0.2, 0.25) is 0 Å². The van der Waals surface area contributed by atoms with Gasteiger partial charge < -0.3 is 9.80 Å². The van der Waals surface area contributed by atoms with Gasteiger partial charge in [0, 0.05) is 14.1 Å². The van der Waals surface area contributed by atoms with E-state index < -0.39 is 10.7 Å². The maximum Gasteiger partial charge on any atom is 0.257 e. The van der Waals surface area contributed by atoms with Crippen molar-refractivity contribution in [3.05, 3.63) is 0 Å². The van der Waals surface area contributed by atoms with E-state index in [0.29, 0.717) is 3.53 Å². The molecule has 3 aliphatic heterocycles. The summed E-state index contributed by atoms with van der Waals surface area (Å²) in [5.41, 5.74) is 0. The van der Waals surface area contributed by atoms with Crippen LogP contribution < -0.4 is 0 Å². The standard InChI is InChI=1S/C7H8N2O2S3/c1-8-3(10)6-9(2)4(11)5(8)13-7(12)14-6/h5-6H,1-2H3/t5-,6+. The Bertz CT molecular complexity index is 303. The molecule has 3 fully saturated rings. The molecule has 0 unspecified atom stereocenters. The van der Waals surface area contributed by atoms with Gasteiger partial charge in [-0.05, 0) is 0 Å². The molecule has 0 saturated carbocycles. The number of amides is 2. The number of fused-ring (bicyclic) bond motifs is 4. The van der Waals surface area contributed by atoms with Gasteiger partial charge in [-0.25, -0.2) is 0 Å². The fraction of sp³-hybridized carbons (Fsp3) is 0.571. The topological polar surface area (TPSA) is 40.6 Å². The first-order chi connectivity index (χ1) is 6.52. The highest BCUT2D eigenvalue weighted by molar-refractivity contribution is 8.48. The zero-order valence-electron chi connectivity index (χ0n) is 7.59. The minimum Gasteiger partial charge on any atom is -0.322 e. The van der Waals surface area contributed by atoms with Crippen molar-refractivity contribution in [1.29, 1.82) is 0 Å². The Balaban J connectivity index is 2.44. The molecule has 3 heterocycles. The minimum atomic E-state index is -0.466. The summed E-state index contributed by atoms with van der Waals surface area (Å²) in [6.45, 7) is 0. The van der Waals surface area contributed by atoms with Gasteiger partial charge >= 0.3 is 0 Å². The van der Waals surface area contributed by atoms with Crippen molar-refractivity contribution in [1.82, 2.24) is 9.80 Å². The van der Waals surface area contributed by atoms with Gasteiger partial charge in [0.15, 0.2) is 10.7 Å². The maximum atomic E-state index is 11.7. The van der Waals surface area contributed by atoms with Gasteiger partial charge in [0.1, 0.15) is 3.53 Å². The number of hydrogen-bond donors (Lipinski definition) is 0. The number of piperazine rings is 1. The highest BCUT2D eigenvalue weighted by Crippen LogP contribution is 2.38. The Morgan fingerprint density at radius 3 is 1.79 bits per heavy atom. The predicted octanol–water partition coefficient (Wildman–Crippen LogP) is 0.334. The second kappa shape index (κ2) is 3.39. The average molecular weight is 248 g/mol. The number of thioether (sulfide) groups is 2. The van der Waals surface area contributed by atoms with Crippen molar-refractivity contribution >= 4 is 51.1 Å². The van der Waals surface area contributed by atoms with Crippen LogP contribution in [0.25, 0.3) is 0 Å². The molecule has 0 aliphatic carbocycles. The molecule has 76 valence electrons. The highest BCUT2D eigenvalue weighted by Gasteiger charge is 2.47. The van der Waals surface area contributed by atoms with Gasteiger partial charge in [-0.2, -0.15) is 0 Å². The number of hydrogen-bond acceptors (Lipinski definition) is 5. The minimum absolute atomic E-state index is 0.0468. The van der Waals surface area contributed by atoms with Crippen LogP contribution in [0.1, 0.15) is 0 Å². The lowest BCUT2D eigenvalue weighted by molar-refractivity contribution is -0.150. The highest BCUT2D eigenvalue weighted by atomic mass is 32.2. The molecule has 7 heteroatoms. The normalized spacial score (nSPS) is 32.6. The van der Waals surface area contributed by atoms with Crippen molar-refractivity contribution in [3.63, 3.8) is 0 Å². The first-order valence-corrected chi connectivity index (χ1v) is 6.09. The van der Waals surface area contributed by atoms with Crippen LogP contribution >= 0.6 is 35.7 Å². The molecule has 0 spiro atoms. The Kier molecular flexibility index (Phi) is 2.48. The third kappa shape index (κ3) is 1.34. The van der Waals surface area contributed by atoms with Crippen LogP contribution in [0.4, 0.5) is 0 Å². The molecule has 0 aromatic carbocycles. The van der Waals surface area contributed by atoms with Crippen LogP contribution in [0.5, 0.6) is 0 Å². The van der Waals surface area contributed by atoms with E-state index >= 15 is 0 Å². The van der Waals surface area contributed by atoms with Crippen LogP contribution in [-0.2, 0) is 9.59 Å². The van der Waals surface area contributed by atoms with E-state index in [1.165, 1.54) is 33.3 Å². The third-order valence-electron chi connectivity index (χ3n) is 2.24. The largest absolute Gasteiger partial charge is 0.322 e. The number of carbonyl (C=O) groups excluding carboxylic acids is 2. The third-order valence-corrected chi connectivity index (χ3v) is 5.26. The van der Waals surface area contributed by atoms with Crippen LogP contribution in [0.15, 0.2) is 0 Å². The van der Waals surface area contributed by atoms with E-state index in [4.69, 9.17) is 12.2 Å². The molecule has 3 saturated heterocycles. The van der Waals surface area contributed by atoms with Gasteiger partial charge in [-0.15, -0.1) is 0 Å². The van der Waals surface area contributed by atoms with Crippen molar-refractivity contribution in [3.8, 4) is 0 Å². The molecule has 0 radical (unpaired) electrons. The van der Waals surface area contributed by atoms with Crippen LogP contribution in [0.2, 0.25) is 0 Å². The second-order valence-corrected chi connectivity index (χ2v) is 6.45. The molecule has 3 rings (SSSR count). The molecule has 2 amide bonds. The molecule has 2 bridgehead atoms. The lowest BCUT2D eigenvalue weighted by Gasteiger charge is -2.36. The van der Waals surface area contributed by atoms with Gasteiger partial charge in [0.05, 0.1) is 0 Å². The Hall–Kier alpha value is -0.270. The Morgan fingerprint density at radius 2 is 1.43 bits per heavy atom. The molecule has 4 nitrogen and oxygen atoms in total. The number of thiocarbonyl (C=S) groups is 1. The molecule has 2 atom stereocenters. The molecule has 0 N–H and O–H groups in total. The summed E-state index contributed by atoms with van der Waals surface area (Å²) in [5.74, 6) is -0.0936. The lowest BCUT2D eigenvalue weighted by Crippen LogP contribution is -2.58. The zero-order chi connectivity index (χ0) is 10.5. The number of nitrogens with zero attached hydrogens (tertiary/aromatic N) is 2. The smallest absolute Gasteiger partial charge is 0.257 e. The summed E-state index contributed by atoms with van der Waals surface area (Å²) in [6.07, 6.45) is 0. The predicted molar refractivity (Wildman–Crippen MR) is 60.9 cm³/mol. The molecule has 0 aromatic rings. The quantitative estimate of drug-likeness (QED) is 0.578. The summed E-state index contributed by atoms with van der Waals surface area (Å²) in [6, 6.07) is 0. The average Bonchev–Trinajstić information content (AvgIpc) is 2.32. The van der Waals surface area contributed by atoms with E-state index in [1.807, 2.05) is 0 Å². The van der Waals surface area contributed by atoms with E-state index in [1.54, 1.807) is 14.1 Å². The number of carbonyl (C=O) groups is 2. The lowest BCUT2D eigenvalue weighted by atomic mass is 10.3. The van der Waals surface area contributed by atoms with Gasteiger partial charge in [-0.3, -0.25) is 9.59 Å². The van der Waals surface area contributed by atoms with Crippen molar-refractivity contribution in [2.75, 3.05) is 14.1 Å². The molecule has 3 aliphatic rings. The van der Waals surface area contributed by atoms with Crippen molar-refractivity contribution in [2.45, 2.75) is 10.7 Å². The fourth-order valence-electron chi connectivity index (χ4n) is 1.38. The summed E-state index contributed by atoms with van der Waals surface area (Å²) >= 11 is 7.63. The van der Waals surface area contributed by atoms with E-state index in [9.17, 15) is 9.59 Å². The van der Waals surface area contributed by atoms with Gasteiger partial charge in [0.25, 0.3) is 11.8 Å². The summed E-state index contributed by atoms with van der Waals surface area (Å²) in [7, 11) is 3.29. The molecular weight excluding hydrogens is 240 g/mol. The first-order valence-electron chi connectivity index (χ1n) is 3.93. The first kappa shape index (κ1) is 10.3. The van der Waals surface area contributed by atoms with Crippen molar-refractivity contribution in [2.24, 2.45) is 0 Å². The van der Waals surface area contributed by atoms with Gasteiger partial charge in [-0.1, -0.05) is 35.7 Å². The van der Waals surface area contributed by atoms with Crippen LogP contribution in [0.3, 0.4) is 0 Å². The fourth-order valence-corrected chi connectivity index (χ4v) is 4.12. The molecule has 14 heavy (non-hydrogen) atoms. The number of likely N-dealkylation sites (N-methyl/N-ethyl adjacent to an activating group) is 2. The Labute approximate surface area is 95.4 Å². The Morgan fingerprint density at radius 1 is 1.07 bits per heavy atom. The summed E-state index contributed by atoms with van der Waals surface area (Å²) in [5, 5.41) is -0.933.